The van der Waals surface area contributed by atoms with Gasteiger partial charge in [-0.25, -0.2) is 0 Å². The van der Waals surface area contributed by atoms with Crippen LogP contribution in [0.2, 0.25) is 0 Å². The van der Waals surface area contributed by atoms with Gasteiger partial charge in [0.05, 0.1) is 0 Å². The normalized spacial score (nSPS) is 10.9. The Morgan fingerprint density at radius 3 is 2.62 bits per heavy atom. The fourth-order valence-electron chi connectivity index (χ4n) is 2.70. The molecule has 0 aliphatic carbocycles. The van der Waals surface area contributed by atoms with Gasteiger partial charge in [-0.2, -0.15) is 0 Å². The van der Waals surface area contributed by atoms with Gasteiger partial charge in [-0.3, -0.25) is 4.79 Å². The Hall–Kier alpha value is -2.59. The van der Waals surface area contributed by atoms with Crippen LogP contribution in [-0.4, -0.2) is 11.1 Å². The van der Waals surface area contributed by atoms with E-state index in [9.17, 15) is 4.79 Å². The number of benzene rings is 2. The van der Waals surface area contributed by atoms with Crippen molar-refractivity contribution in [2.45, 2.75) is 26.0 Å². The molecule has 0 unspecified atom stereocenters. The van der Waals surface area contributed by atoms with Crippen molar-refractivity contribution in [3.05, 3.63) is 76.7 Å². The Balaban J connectivity index is 1.76. The lowest BCUT2D eigenvalue weighted by Crippen LogP contribution is -2.19. The van der Waals surface area contributed by atoms with Gasteiger partial charge in [0.2, 0.25) is 0 Å². The number of ether oxygens (including phenoxy) is 1. The van der Waals surface area contributed by atoms with Crippen LogP contribution >= 0.6 is 0 Å². The minimum absolute atomic E-state index is 0.0409. The predicted molar refractivity (Wildman–Crippen MR) is 97.3 cm³/mol. The maximum Gasteiger partial charge on any atom is 0.258 e. The summed E-state index contributed by atoms with van der Waals surface area (Å²) in [6.07, 6.45) is 3.69. The van der Waals surface area contributed by atoms with Gasteiger partial charge in [-0.05, 0) is 54.6 Å². The predicted octanol–water partition coefficient (Wildman–Crippen LogP) is 3.32. The van der Waals surface area contributed by atoms with Crippen molar-refractivity contribution < 1.29 is 4.74 Å². The van der Waals surface area contributed by atoms with Gasteiger partial charge in [0.1, 0.15) is 12.4 Å². The molecule has 4 nitrogen and oxygen atoms in total. The highest BCUT2D eigenvalue weighted by Crippen LogP contribution is 2.19. The molecule has 2 N–H and O–H groups in total. The molecule has 0 fully saturated rings. The van der Waals surface area contributed by atoms with Gasteiger partial charge in [-0.1, -0.05) is 30.3 Å². The molecule has 2 aromatic carbocycles. The quantitative estimate of drug-likeness (QED) is 0.679. The summed E-state index contributed by atoms with van der Waals surface area (Å²) in [5.74, 6) is 0.770. The largest absolute Gasteiger partial charge is 0.489 e. The highest BCUT2D eigenvalue weighted by molar-refractivity contribution is 5.82. The van der Waals surface area contributed by atoms with Crippen molar-refractivity contribution in [1.82, 2.24) is 4.57 Å². The van der Waals surface area contributed by atoms with E-state index in [0.29, 0.717) is 19.7 Å². The SMILES string of the molecule is NCCCCn1ccc2cc(OCc3ccccc3)ccc2c1=O. The average Bonchev–Trinajstić information content (AvgIpc) is 2.63. The van der Waals surface area contributed by atoms with E-state index in [2.05, 4.69) is 0 Å². The van der Waals surface area contributed by atoms with Crippen molar-refractivity contribution in [2.75, 3.05) is 6.54 Å². The van der Waals surface area contributed by atoms with Crippen molar-refractivity contribution >= 4 is 10.8 Å². The van der Waals surface area contributed by atoms with E-state index in [4.69, 9.17) is 10.5 Å². The third kappa shape index (κ3) is 3.84. The molecule has 1 aromatic heterocycles. The summed E-state index contributed by atoms with van der Waals surface area (Å²) < 4.78 is 7.58. The first-order chi connectivity index (χ1) is 11.8. The zero-order chi connectivity index (χ0) is 16.8. The average molecular weight is 322 g/mol. The molecule has 24 heavy (non-hydrogen) atoms. The first kappa shape index (κ1) is 16.3. The fourth-order valence-corrected chi connectivity index (χ4v) is 2.70. The van der Waals surface area contributed by atoms with E-state index in [1.165, 1.54) is 0 Å². The summed E-state index contributed by atoms with van der Waals surface area (Å²) in [6, 6.07) is 17.6. The molecule has 124 valence electrons. The number of aromatic nitrogens is 1. The Kier molecular flexibility index (Phi) is 5.29. The van der Waals surface area contributed by atoms with Crippen molar-refractivity contribution in [3.8, 4) is 5.75 Å². The number of hydrogen-bond donors (Lipinski definition) is 1. The van der Waals surface area contributed by atoms with E-state index in [1.54, 1.807) is 4.57 Å². The van der Waals surface area contributed by atoms with Crippen molar-refractivity contribution in [3.63, 3.8) is 0 Å². The minimum Gasteiger partial charge on any atom is -0.489 e. The molecule has 0 aliphatic heterocycles. The molecule has 0 bridgehead atoms. The molecule has 0 spiro atoms. The highest BCUT2D eigenvalue weighted by atomic mass is 16.5. The molecule has 0 radical (unpaired) electrons. The lowest BCUT2D eigenvalue weighted by molar-refractivity contribution is 0.306. The number of pyridine rings is 1. The Bertz CT molecular complexity index is 856. The number of rotatable bonds is 7. The van der Waals surface area contributed by atoms with E-state index in [-0.39, 0.29) is 5.56 Å². The molecule has 1 heterocycles. The van der Waals surface area contributed by atoms with Gasteiger partial charge >= 0.3 is 0 Å². The molecule has 0 saturated heterocycles. The summed E-state index contributed by atoms with van der Waals surface area (Å²) in [5.41, 5.74) is 6.67. The van der Waals surface area contributed by atoms with Crippen LogP contribution in [0.15, 0.2) is 65.6 Å². The van der Waals surface area contributed by atoms with E-state index < -0.39 is 0 Å². The first-order valence-corrected chi connectivity index (χ1v) is 8.28. The summed E-state index contributed by atoms with van der Waals surface area (Å²) in [5, 5.41) is 1.62. The van der Waals surface area contributed by atoms with Gasteiger partial charge in [-0.15, -0.1) is 0 Å². The van der Waals surface area contributed by atoms with Crippen LogP contribution < -0.4 is 16.0 Å². The summed E-state index contributed by atoms with van der Waals surface area (Å²) in [7, 11) is 0. The first-order valence-electron chi connectivity index (χ1n) is 8.28. The summed E-state index contributed by atoms with van der Waals surface area (Å²) >= 11 is 0. The Morgan fingerprint density at radius 2 is 1.83 bits per heavy atom. The van der Waals surface area contributed by atoms with Crippen LogP contribution in [0.3, 0.4) is 0 Å². The van der Waals surface area contributed by atoms with Crippen LogP contribution in [-0.2, 0) is 13.2 Å². The summed E-state index contributed by atoms with van der Waals surface area (Å²) in [4.78, 5) is 12.5. The van der Waals surface area contributed by atoms with E-state index >= 15 is 0 Å². The number of unbranched alkanes of at least 4 members (excludes halogenated alkanes) is 1. The molecular weight excluding hydrogens is 300 g/mol. The standard InChI is InChI=1S/C20H22N2O2/c21-11-4-5-12-22-13-10-17-14-18(8-9-19(17)20(22)23)24-15-16-6-2-1-3-7-16/h1-3,6-10,13-14H,4-5,11-12,15,21H2. The zero-order valence-electron chi connectivity index (χ0n) is 13.7. The van der Waals surface area contributed by atoms with Crippen LogP contribution in [0, 0.1) is 0 Å². The van der Waals surface area contributed by atoms with Crippen molar-refractivity contribution in [2.24, 2.45) is 5.73 Å². The molecule has 3 rings (SSSR count). The molecule has 0 atom stereocenters. The molecule has 0 saturated carbocycles. The van der Waals surface area contributed by atoms with Crippen LogP contribution in [0.4, 0.5) is 0 Å². The monoisotopic (exact) mass is 322 g/mol. The van der Waals surface area contributed by atoms with Gasteiger partial charge < -0.3 is 15.0 Å². The third-order valence-electron chi connectivity index (χ3n) is 4.05. The van der Waals surface area contributed by atoms with Gasteiger partial charge in [0.15, 0.2) is 0 Å². The smallest absolute Gasteiger partial charge is 0.258 e. The lowest BCUT2D eigenvalue weighted by atomic mass is 10.1. The topological polar surface area (TPSA) is 57.2 Å². The van der Waals surface area contributed by atoms with Crippen LogP contribution in [0.25, 0.3) is 10.8 Å². The number of nitrogens with zero attached hydrogens (tertiary/aromatic N) is 1. The van der Waals surface area contributed by atoms with Crippen molar-refractivity contribution in [1.29, 1.82) is 0 Å². The van der Waals surface area contributed by atoms with E-state index in [0.717, 1.165) is 34.9 Å². The number of nitrogens with two attached hydrogens (primary N) is 1. The number of aryl methyl sites for hydroxylation is 1. The fraction of sp³-hybridized carbons (Fsp3) is 0.250. The maximum atomic E-state index is 12.5. The minimum atomic E-state index is 0.0409. The van der Waals surface area contributed by atoms with E-state index in [1.807, 2.05) is 60.8 Å². The molecule has 0 aliphatic rings. The number of fused-ring (bicyclic) bond motifs is 1. The zero-order valence-corrected chi connectivity index (χ0v) is 13.7. The lowest BCUT2D eigenvalue weighted by Gasteiger charge is -2.09. The second-order valence-corrected chi connectivity index (χ2v) is 5.83. The second kappa shape index (κ2) is 7.79. The second-order valence-electron chi connectivity index (χ2n) is 5.83. The van der Waals surface area contributed by atoms with Gasteiger partial charge in [0.25, 0.3) is 5.56 Å². The number of hydrogen-bond acceptors (Lipinski definition) is 3. The molecule has 3 aromatic rings. The van der Waals surface area contributed by atoms with Gasteiger partial charge in [0, 0.05) is 18.1 Å². The summed E-state index contributed by atoms with van der Waals surface area (Å²) in [6.45, 7) is 1.88. The maximum absolute atomic E-state index is 12.5. The Labute approximate surface area is 141 Å². The highest BCUT2D eigenvalue weighted by Gasteiger charge is 2.04. The van der Waals surface area contributed by atoms with Crippen LogP contribution in [0.5, 0.6) is 5.75 Å². The third-order valence-corrected chi connectivity index (χ3v) is 4.05. The molecular formula is C20H22N2O2. The van der Waals surface area contributed by atoms with Crippen LogP contribution in [0.1, 0.15) is 18.4 Å². The Morgan fingerprint density at radius 1 is 1.00 bits per heavy atom. The molecule has 0 amide bonds. The molecule has 4 heteroatoms.